The summed E-state index contributed by atoms with van der Waals surface area (Å²) >= 11 is 6.30. The monoisotopic (exact) mass is 253 g/mol. The molecule has 0 radical (unpaired) electrons. The zero-order chi connectivity index (χ0) is 11.6. The molecule has 2 rings (SSSR count). The Labute approximate surface area is 108 Å². The first-order valence-electron chi connectivity index (χ1n) is 5.70. The van der Waals surface area contributed by atoms with Crippen molar-refractivity contribution in [1.29, 1.82) is 0 Å². The molecule has 1 aromatic carbocycles. The summed E-state index contributed by atoms with van der Waals surface area (Å²) in [6.45, 7) is 2.11. The van der Waals surface area contributed by atoms with Gasteiger partial charge in [0.25, 0.3) is 0 Å². The molecule has 0 aliphatic heterocycles. The molecule has 1 unspecified atom stereocenters. The lowest BCUT2D eigenvalue weighted by Crippen LogP contribution is -2.28. The van der Waals surface area contributed by atoms with Crippen LogP contribution in [0.5, 0.6) is 0 Å². The molecular formula is C13H19NS2. The van der Waals surface area contributed by atoms with Crippen LogP contribution in [0, 0.1) is 0 Å². The molecule has 1 saturated carbocycles. The van der Waals surface area contributed by atoms with Gasteiger partial charge >= 0.3 is 0 Å². The first kappa shape index (κ1) is 12.3. The number of rotatable bonds is 5. The van der Waals surface area contributed by atoms with Crippen molar-refractivity contribution >= 4 is 24.4 Å². The first-order chi connectivity index (χ1) is 7.68. The third kappa shape index (κ3) is 2.58. The second kappa shape index (κ2) is 5.03. The minimum atomic E-state index is 0.279. The third-order valence-electron chi connectivity index (χ3n) is 3.25. The third-order valence-corrected chi connectivity index (χ3v) is 3.98. The van der Waals surface area contributed by atoms with Crippen molar-refractivity contribution in [2.45, 2.75) is 30.6 Å². The van der Waals surface area contributed by atoms with Gasteiger partial charge in [0.15, 0.2) is 0 Å². The molecule has 1 N–H and O–H groups in total. The molecule has 0 saturated heterocycles. The summed E-state index contributed by atoms with van der Waals surface area (Å²) in [5, 5.41) is 3.95. The van der Waals surface area contributed by atoms with E-state index in [1.54, 1.807) is 0 Å². The summed E-state index contributed by atoms with van der Waals surface area (Å²) < 4.78 is 0. The fraction of sp³-hybridized carbons (Fsp3) is 0.538. The Balaban J connectivity index is 2.09. The summed E-state index contributed by atoms with van der Waals surface area (Å²) in [5.74, 6) is 1.03. The van der Waals surface area contributed by atoms with Crippen molar-refractivity contribution < 1.29 is 0 Å². The predicted molar refractivity (Wildman–Crippen MR) is 76.3 cm³/mol. The van der Waals surface area contributed by atoms with Crippen LogP contribution >= 0.6 is 24.4 Å². The second-order valence-corrected chi connectivity index (χ2v) is 6.13. The van der Waals surface area contributed by atoms with Gasteiger partial charge in [-0.05, 0) is 37.1 Å². The molecule has 0 heterocycles. The van der Waals surface area contributed by atoms with E-state index >= 15 is 0 Å². The van der Waals surface area contributed by atoms with Crippen LogP contribution in [-0.2, 0) is 5.54 Å². The molecular weight excluding hydrogens is 234 g/mol. The number of benzene rings is 1. The first-order valence-corrected chi connectivity index (χ1v) is 7.61. The van der Waals surface area contributed by atoms with Crippen molar-refractivity contribution in [3.05, 3.63) is 35.4 Å². The normalized spacial score (nSPS) is 19.4. The van der Waals surface area contributed by atoms with Gasteiger partial charge in [-0.15, -0.1) is 11.8 Å². The van der Waals surface area contributed by atoms with Crippen LogP contribution < -0.4 is 5.32 Å². The molecule has 3 heteroatoms. The van der Waals surface area contributed by atoms with Crippen molar-refractivity contribution in [3.63, 3.8) is 0 Å². The maximum atomic E-state index is 4.45. The smallest absolute Gasteiger partial charge is 0.0442 e. The molecule has 0 aromatic heterocycles. The van der Waals surface area contributed by atoms with E-state index in [9.17, 15) is 0 Å². The van der Waals surface area contributed by atoms with Crippen molar-refractivity contribution in [3.8, 4) is 0 Å². The fourth-order valence-corrected chi connectivity index (χ4v) is 2.58. The molecule has 1 aliphatic rings. The Morgan fingerprint density at radius 3 is 2.44 bits per heavy atom. The number of hydrogen-bond acceptors (Lipinski definition) is 3. The van der Waals surface area contributed by atoms with Crippen LogP contribution in [0.2, 0.25) is 0 Å². The molecule has 88 valence electrons. The molecule has 0 amide bonds. The average Bonchev–Trinajstić information content (AvgIpc) is 3.08. The van der Waals surface area contributed by atoms with Crippen LogP contribution in [0.3, 0.4) is 0 Å². The van der Waals surface area contributed by atoms with Gasteiger partial charge in [-0.25, -0.2) is 0 Å². The summed E-state index contributed by atoms with van der Waals surface area (Å²) in [6, 6.07) is 8.91. The number of hydrogen-bond donors (Lipinski definition) is 2. The Bertz CT molecular complexity index is 341. The van der Waals surface area contributed by atoms with Crippen molar-refractivity contribution in [2.75, 3.05) is 12.1 Å². The fourth-order valence-electron chi connectivity index (χ4n) is 1.98. The quantitative estimate of drug-likeness (QED) is 0.614. The number of thioether (sulfide) groups is 1. The molecule has 0 bridgehead atoms. The van der Waals surface area contributed by atoms with E-state index in [-0.39, 0.29) is 5.54 Å². The summed E-state index contributed by atoms with van der Waals surface area (Å²) in [5.41, 5.74) is 3.01. The lowest BCUT2D eigenvalue weighted by Gasteiger charge is -2.18. The predicted octanol–water partition coefficient (Wildman–Crippen LogP) is 3.58. The standard InChI is InChI=1S/C13H19NS2/c1-10(15)11-3-5-12(6-4-11)13(7-8-13)14-9-16-2/h3-6,10,14-15H,7-9H2,1-2H3. The number of thiol groups is 1. The zero-order valence-corrected chi connectivity index (χ0v) is 11.6. The maximum Gasteiger partial charge on any atom is 0.0442 e. The van der Waals surface area contributed by atoms with E-state index in [0.29, 0.717) is 5.25 Å². The van der Waals surface area contributed by atoms with E-state index in [4.69, 9.17) is 0 Å². The van der Waals surface area contributed by atoms with Gasteiger partial charge in [0.2, 0.25) is 0 Å². The van der Waals surface area contributed by atoms with E-state index in [1.807, 2.05) is 11.8 Å². The van der Waals surface area contributed by atoms with Gasteiger partial charge in [-0.3, -0.25) is 5.32 Å². The van der Waals surface area contributed by atoms with Crippen LogP contribution in [0.1, 0.15) is 36.1 Å². The summed E-state index contributed by atoms with van der Waals surface area (Å²) in [4.78, 5) is 0. The Hall–Kier alpha value is -0.120. The highest BCUT2D eigenvalue weighted by Crippen LogP contribution is 2.45. The zero-order valence-electron chi connectivity index (χ0n) is 9.86. The second-order valence-electron chi connectivity index (χ2n) is 4.49. The molecule has 1 atom stereocenters. The minimum Gasteiger partial charge on any atom is -0.298 e. The maximum absolute atomic E-state index is 4.45. The molecule has 1 aliphatic carbocycles. The molecule has 1 nitrogen and oxygen atoms in total. The lowest BCUT2D eigenvalue weighted by molar-refractivity contribution is 0.574. The van der Waals surface area contributed by atoms with Gasteiger partial charge in [-0.2, -0.15) is 12.6 Å². The van der Waals surface area contributed by atoms with Crippen LogP contribution in [0.4, 0.5) is 0 Å². The Kier molecular flexibility index (Phi) is 3.88. The van der Waals surface area contributed by atoms with E-state index < -0.39 is 0 Å². The Morgan fingerprint density at radius 1 is 1.38 bits per heavy atom. The van der Waals surface area contributed by atoms with Gasteiger partial charge in [-0.1, -0.05) is 24.3 Å². The lowest BCUT2D eigenvalue weighted by atomic mass is 10.0. The van der Waals surface area contributed by atoms with Gasteiger partial charge in [0.05, 0.1) is 0 Å². The number of nitrogens with one attached hydrogen (secondary N) is 1. The van der Waals surface area contributed by atoms with Crippen LogP contribution in [0.25, 0.3) is 0 Å². The van der Waals surface area contributed by atoms with Crippen molar-refractivity contribution in [2.24, 2.45) is 0 Å². The molecule has 0 spiro atoms. The SMILES string of the molecule is CSCNC1(c2ccc(C(C)S)cc2)CC1. The van der Waals surface area contributed by atoms with E-state index in [1.165, 1.54) is 24.0 Å². The van der Waals surface area contributed by atoms with Crippen molar-refractivity contribution in [1.82, 2.24) is 5.32 Å². The highest BCUT2D eigenvalue weighted by atomic mass is 32.2. The topological polar surface area (TPSA) is 12.0 Å². The highest BCUT2D eigenvalue weighted by molar-refractivity contribution is 7.98. The average molecular weight is 253 g/mol. The minimum absolute atomic E-state index is 0.279. The van der Waals surface area contributed by atoms with Crippen LogP contribution in [0.15, 0.2) is 24.3 Å². The van der Waals surface area contributed by atoms with Crippen LogP contribution in [-0.4, -0.2) is 12.1 Å². The summed E-state index contributed by atoms with van der Waals surface area (Å²) in [7, 11) is 0. The van der Waals surface area contributed by atoms with Gasteiger partial charge < -0.3 is 0 Å². The van der Waals surface area contributed by atoms with E-state index in [0.717, 1.165) is 5.88 Å². The molecule has 1 fully saturated rings. The molecule has 1 aromatic rings. The molecule has 16 heavy (non-hydrogen) atoms. The summed E-state index contributed by atoms with van der Waals surface area (Å²) in [6.07, 6.45) is 4.67. The van der Waals surface area contributed by atoms with Gasteiger partial charge in [0.1, 0.15) is 0 Å². The largest absolute Gasteiger partial charge is 0.298 e. The highest BCUT2D eigenvalue weighted by Gasteiger charge is 2.43. The van der Waals surface area contributed by atoms with Gasteiger partial charge in [0, 0.05) is 16.7 Å². The Morgan fingerprint density at radius 2 is 2.00 bits per heavy atom. The van der Waals surface area contributed by atoms with E-state index in [2.05, 4.69) is 55.4 Å².